The van der Waals surface area contributed by atoms with E-state index in [1.807, 2.05) is 56.3 Å². The van der Waals surface area contributed by atoms with Gasteiger partial charge in [0.05, 0.1) is 23.4 Å². The molecule has 0 heterocycles. The number of thioether (sulfide) groups is 1. The van der Waals surface area contributed by atoms with Gasteiger partial charge in [0.15, 0.2) is 6.61 Å². The van der Waals surface area contributed by atoms with Crippen LogP contribution in [0.5, 0.6) is 0 Å². The summed E-state index contributed by atoms with van der Waals surface area (Å²) in [5.74, 6) is -0.828. The number of rotatable bonds is 9. The number of hydrogen-bond acceptors (Lipinski definition) is 5. The van der Waals surface area contributed by atoms with Crippen molar-refractivity contribution in [2.45, 2.75) is 31.1 Å². The lowest BCUT2D eigenvalue weighted by Crippen LogP contribution is -2.27. The third-order valence-corrected chi connectivity index (χ3v) is 5.36. The Labute approximate surface area is 170 Å². The van der Waals surface area contributed by atoms with Crippen LogP contribution in [0.25, 0.3) is 0 Å². The van der Waals surface area contributed by atoms with Crippen LogP contribution in [-0.2, 0) is 14.3 Å². The zero-order valence-electron chi connectivity index (χ0n) is 16.1. The summed E-state index contributed by atoms with van der Waals surface area (Å²) in [5.41, 5.74) is 1.49. The first-order valence-electron chi connectivity index (χ1n) is 9.17. The maximum absolute atomic E-state index is 12.7. The van der Waals surface area contributed by atoms with Gasteiger partial charge in [-0.1, -0.05) is 62.7 Å². The maximum Gasteiger partial charge on any atom is 0.314 e. The molecule has 6 heteroatoms. The van der Waals surface area contributed by atoms with Crippen molar-refractivity contribution in [3.8, 4) is 6.07 Å². The Morgan fingerprint density at radius 3 is 2.50 bits per heavy atom. The average Bonchev–Trinajstić information content (AvgIpc) is 2.72. The van der Waals surface area contributed by atoms with Gasteiger partial charge in [0.2, 0.25) is 0 Å². The topological polar surface area (TPSA) is 79.2 Å². The van der Waals surface area contributed by atoms with Crippen LogP contribution >= 0.6 is 11.8 Å². The molecule has 146 valence electrons. The lowest BCUT2D eigenvalue weighted by atomic mass is 9.86. The maximum atomic E-state index is 12.7. The number of carbonyl (C=O) groups is 2. The molecule has 28 heavy (non-hydrogen) atoms. The smallest absolute Gasteiger partial charge is 0.314 e. The van der Waals surface area contributed by atoms with Crippen molar-refractivity contribution in [1.82, 2.24) is 0 Å². The SMILES string of the molecule is CCC(C)C(C(=O)OCC(=O)Nc1ccccc1SCC#N)c1ccccc1. The highest BCUT2D eigenvalue weighted by Crippen LogP contribution is 2.29. The molecule has 1 N–H and O–H groups in total. The summed E-state index contributed by atoms with van der Waals surface area (Å²) in [5, 5.41) is 11.5. The summed E-state index contributed by atoms with van der Waals surface area (Å²) >= 11 is 1.34. The normalized spacial score (nSPS) is 12.5. The number of nitrogens with zero attached hydrogens (tertiary/aromatic N) is 1. The standard InChI is InChI=1S/C22H24N2O3S/c1-3-16(2)21(17-9-5-4-6-10-17)22(26)27-15-20(25)24-18-11-7-8-12-19(18)28-14-13-23/h4-12,16,21H,3,14-15H2,1-2H3,(H,24,25). The van der Waals surface area contributed by atoms with Crippen LogP contribution in [0.2, 0.25) is 0 Å². The van der Waals surface area contributed by atoms with Crippen molar-refractivity contribution in [3.05, 3.63) is 60.2 Å². The molecule has 0 saturated heterocycles. The van der Waals surface area contributed by atoms with Gasteiger partial charge < -0.3 is 10.1 Å². The highest BCUT2D eigenvalue weighted by atomic mass is 32.2. The number of nitriles is 1. The molecule has 2 atom stereocenters. The van der Waals surface area contributed by atoms with Gasteiger partial charge in [-0.2, -0.15) is 5.26 Å². The van der Waals surface area contributed by atoms with E-state index >= 15 is 0 Å². The second-order valence-corrected chi connectivity index (χ2v) is 7.39. The van der Waals surface area contributed by atoms with Gasteiger partial charge in [-0.15, -0.1) is 11.8 Å². The number of benzene rings is 2. The van der Waals surface area contributed by atoms with Crippen molar-refractivity contribution < 1.29 is 14.3 Å². The predicted octanol–water partition coefficient (Wildman–Crippen LogP) is 4.61. The molecule has 0 aliphatic carbocycles. The van der Waals surface area contributed by atoms with E-state index in [4.69, 9.17) is 10.00 Å². The first-order chi connectivity index (χ1) is 13.6. The molecule has 0 aromatic heterocycles. The van der Waals surface area contributed by atoms with Crippen molar-refractivity contribution in [3.63, 3.8) is 0 Å². The Bertz CT molecular complexity index is 833. The lowest BCUT2D eigenvalue weighted by molar-refractivity contribution is -0.150. The van der Waals surface area contributed by atoms with E-state index in [2.05, 4.69) is 11.4 Å². The number of nitrogens with one attached hydrogen (secondary N) is 1. The number of amides is 1. The van der Waals surface area contributed by atoms with Gasteiger partial charge in [0.1, 0.15) is 0 Å². The van der Waals surface area contributed by atoms with E-state index < -0.39 is 17.8 Å². The van der Waals surface area contributed by atoms with Crippen LogP contribution in [0.4, 0.5) is 5.69 Å². The fourth-order valence-corrected chi connectivity index (χ4v) is 3.48. The minimum atomic E-state index is -0.408. The summed E-state index contributed by atoms with van der Waals surface area (Å²) in [6.07, 6.45) is 0.824. The number of esters is 1. The molecule has 0 aliphatic heterocycles. The minimum Gasteiger partial charge on any atom is -0.455 e. The Kier molecular flexibility index (Phi) is 8.57. The molecule has 1 amide bonds. The van der Waals surface area contributed by atoms with Crippen molar-refractivity contribution in [1.29, 1.82) is 5.26 Å². The van der Waals surface area contributed by atoms with Gasteiger partial charge in [-0.3, -0.25) is 9.59 Å². The quantitative estimate of drug-likeness (QED) is 0.494. The number of carbonyl (C=O) groups excluding carboxylic acids is 2. The summed E-state index contributed by atoms with van der Waals surface area (Å²) in [4.78, 5) is 25.7. The molecule has 2 rings (SSSR count). The minimum absolute atomic E-state index is 0.0982. The highest BCUT2D eigenvalue weighted by molar-refractivity contribution is 7.99. The number of anilines is 1. The van der Waals surface area contributed by atoms with Crippen molar-refractivity contribution in [2.24, 2.45) is 5.92 Å². The second-order valence-electron chi connectivity index (χ2n) is 6.37. The lowest BCUT2D eigenvalue weighted by Gasteiger charge is -2.21. The van der Waals surface area contributed by atoms with Crippen LogP contribution in [0.1, 0.15) is 31.7 Å². The molecule has 0 bridgehead atoms. The molecule has 0 saturated carbocycles. The molecule has 2 unspecified atom stereocenters. The van der Waals surface area contributed by atoms with Crippen molar-refractivity contribution >= 4 is 29.3 Å². The Morgan fingerprint density at radius 1 is 1.14 bits per heavy atom. The fraction of sp³-hybridized carbons (Fsp3) is 0.318. The van der Waals surface area contributed by atoms with Crippen LogP contribution in [0, 0.1) is 17.2 Å². The van der Waals surface area contributed by atoms with Gasteiger partial charge in [0.25, 0.3) is 5.91 Å². The molecule has 0 radical (unpaired) electrons. The first kappa shape index (κ1) is 21.5. The molecule has 0 spiro atoms. The largest absolute Gasteiger partial charge is 0.455 e. The van der Waals surface area contributed by atoms with Gasteiger partial charge >= 0.3 is 5.97 Å². The van der Waals surface area contributed by atoms with E-state index in [0.29, 0.717) is 5.69 Å². The van der Waals surface area contributed by atoms with E-state index in [9.17, 15) is 9.59 Å². The molecular weight excluding hydrogens is 372 g/mol. The molecule has 2 aromatic carbocycles. The number of para-hydroxylation sites is 1. The first-order valence-corrected chi connectivity index (χ1v) is 10.2. The number of ether oxygens (including phenoxy) is 1. The summed E-state index contributed by atoms with van der Waals surface area (Å²) in [6.45, 7) is 3.67. The average molecular weight is 397 g/mol. The van der Waals surface area contributed by atoms with Gasteiger partial charge in [-0.25, -0.2) is 0 Å². The number of hydrogen-bond donors (Lipinski definition) is 1. The Hall–Kier alpha value is -2.78. The zero-order valence-corrected chi connectivity index (χ0v) is 16.9. The van der Waals surface area contributed by atoms with E-state index in [1.165, 1.54) is 11.8 Å². The fourth-order valence-electron chi connectivity index (χ4n) is 2.81. The van der Waals surface area contributed by atoms with Crippen LogP contribution in [0.3, 0.4) is 0 Å². The molecule has 2 aromatic rings. The van der Waals surface area contributed by atoms with Crippen molar-refractivity contribution in [2.75, 3.05) is 17.7 Å². The highest BCUT2D eigenvalue weighted by Gasteiger charge is 2.27. The third kappa shape index (κ3) is 6.14. The van der Waals surface area contributed by atoms with Crippen LogP contribution in [-0.4, -0.2) is 24.2 Å². The van der Waals surface area contributed by atoms with Crippen LogP contribution < -0.4 is 5.32 Å². The zero-order chi connectivity index (χ0) is 20.4. The second kappa shape index (κ2) is 11.2. The molecule has 0 aliphatic rings. The molecular formula is C22H24N2O3S. The van der Waals surface area contributed by atoms with E-state index in [-0.39, 0.29) is 18.3 Å². The monoisotopic (exact) mass is 396 g/mol. The molecule has 5 nitrogen and oxygen atoms in total. The predicted molar refractivity (Wildman–Crippen MR) is 111 cm³/mol. The molecule has 0 fully saturated rings. The van der Waals surface area contributed by atoms with Gasteiger partial charge in [-0.05, 0) is 23.6 Å². The van der Waals surface area contributed by atoms with Crippen LogP contribution in [0.15, 0.2) is 59.5 Å². The summed E-state index contributed by atoms with van der Waals surface area (Å²) < 4.78 is 5.33. The van der Waals surface area contributed by atoms with E-state index in [1.54, 1.807) is 12.1 Å². The third-order valence-electron chi connectivity index (χ3n) is 4.42. The van der Waals surface area contributed by atoms with Gasteiger partial charge in [0, 0.05) is 4.90 Å². The van der Waals surface area contributed by atoms with E-state index in [0.717, 1.165) is 16.9 Å². The summed E-state index contributed by atoms with van der Waals surface area (Å²) in [7, 11) is 0. The Morgan fingerprint density at radius 2 is 1.82 bits per heavy atom. The summed E-state index contributed by atoms with van der Waals surface area (Å²) in [6, 6.07) is 18.8. The Balaban J connectivity index is 1.99.